The molecule has 332 valence electrons. The SMILES string of the molecule is C1=CCC(c2cc(C3=NC(C4CCc5c(sc6ccc7c(c56)N(C5C=CC=CC5)C5=CC=CCC57)C4)C(C4=NC(C5=CCCCC5)NC(C5=CCCC=C5)=C4)=C3)cc(-c3ccccc3)c2)C=C1. The van der Waals surface area contributed by atoms with Gasteiger partial charge in [-0.3, -0.25) is 9.98 Å². The molecule has 3 aromatic carbocycles. The first-order chi connectivity index (χ1) is 33.2. The first kappa shape index (κ1) is 40.9. The van der Waals surface area contributed by atoms with Gasteiger partial charge >= 0.3 is 0 Å². The fraction of sp³-hybridized carbons (Fsp3) is 0.290. The van der Waals surface area contributed by atoms with Crippen LogP contribution < -0.4 is 10.2 Å². The number of aliphatic imine (C=N–C) groups is 2. The van der Waals surface area contributed by atoms with Crippen LogP contribution in [0.4, 0.5) is 5.69 Å². The summed E-state index contributed by atoms with van der Waals surface area (Å²) in [6, 6.07) is 23.4. The summed E-state index contributed by atoms with van der Waals surface area (Å²) in [5.41, 5.74) is 18.5. The van der Waals surface area contributed by atoms with E-state index >= 15 is 0 Å². The minimum Gasteiger partial charge on any atom is -0.360 e. The maximum absolute atomic E-state index is 5.93. The Morgan fingerprint density at radius 2 is 1.61 bits per heavy atom. The predicted molar refractivity (Wildman–Crippen MR) is 282 cm³/mol. The second-order valence-electron chi connectivity index (χ2n) is 19.9. The summed E-state index contributed by atoms with van der Waals surface area (Å²) in [5, 5.41) is 5.46. The second-order valence-corrected chi connectivity index (χ2v) is 21.0. The zero-order valence-corrected chi connectivity index (χ0v) is 39.1. The van der Waals surface area contributed by atoms with Gasteiger partial charge in [-0.1, -0.05) is 128 Å². The third kappa shape index (κ3) is 7.51. The molecule has 67 heavy (non-hydrogen) atoms. The number of allylic oxidation sites excluding steroid dienone is 16. The molecule has 5 heteroatoms. The molecule has 0 radical (unpaired) electrons. The van der Waals surface area contributed by atoms with Gasteiger partial charge in [0.2, 0.25) is 0 Å². The summed E-state index contributed by atoms with van der Waals surface area (Å²) in [5.74, 6) is 1.12. The van der Waals surface area contributed by atoms with Crippen LogP contribution >= 0.6 is 11.3 Å². The summed E-state index contributed by atoms with van der Waals surface area (Å²) in [6.45, 7) is 0. The molecule has 1 N–H and O–H groups in total. The second kappa shape index (κ2) is 17.4. The van der Waals surface area contributed by atoms with Gasteiger partial charge in [0.25, 0.3) is 0 Å². The minimum absolute atomic E-state index is 0.00129. The summed E-state index contributed by atoms with van der Waals surface area (Å²) in [6.07, 6.45) is 52.8. The molecular formula is C62H58N4S. The number of hydrogen-bond acceptors (Lipinski definition) is 5. The fourth-order valence-electron chi connectivity index (χ4n) is 12.4. The average molecular weight is 891 g/mol. The molecule has 13 rings (SSSR count). The minimum atomic E-state index is -0.0645. The van der Waals surface area contributed by atoms with Crippen molar-refractivity contribution in [3.8, 4) is 11.1 Å². The Bertz CT molecular complexity index is 3090. The molecule has 0 fully saturated rings. The third-order valence-corrected chi connectivity index (χ3v) is 17.0. The van der Waals surface area contributed by atoms with E-state index in [-0.39, 0.29) is 12.2 Å². The lowest BCUT2D eigenvalue weighted by atomic mass is 9.79. The van der Waals surface area contributed by atoms with Crippen molar-refractivity contribution in [3.05, 3.63) is 219 Å². The van der Waals surface area contributed by atoms with E-state index in [1.165, 1.54) is 84.5 Å². The zero-order chi connectivity index (χ0) is 44.3. The van der Waals surface area contributed by atoms with Gasteiger partial charge in [0, 0.05) is 49.3 Å². The van der Waals surface area contributed by atoms with E-state index in [0.29, 0.717) is 23.8 Å². The summed E-state index contributed by atoms with van der Waals surface area (Å²) < 4.78 is 1.44. The standard InChI is InChI=1S/C62H58N4S/c1-6-18-40(19-7-1)45-34-46(41-20-8-2-9-21-41)36-47(35-45)53-38-52(55-39-54(42-22-10-3-11-23-42)64-62(65-55)43-24-12-4-13-25-43)60(63-53)44-30-31-51-58(37-44)67-57-33-32-50-49-28-16-17-29-56(49)66(61(50)59(51)57)48-26-14-5-15-27-48/h1-2,5-10,14-20,22-24,26,29,32-36,38-39,41,44,48-49,60,62,64H,3-4,11-13,21,25,27-28,30-31,37H2. The molecule has 9 aliphatic rings. The third-order valence-electron chi connectivity index (χ3n) is 15.8. The highest BCUT2D eigenvalue weighted by Gasteiger charge is 2.41. The van der Waals surface area contributed by atoms with Crippen molar-refractivity contribution in [1.29, 1.82) is 0 Å². The van der Waals surface area contributed by atoms with E-state index in [9.17, 15) is 0 Å². The van der Waals surface area contributed by atoms with Crippen molar-refractivity contribution in [2.24, 2.45) is 15.9 Å². The smallest absolute Gasteiger partial charge is 0.141 e. The number of benzene rings is 3. The van der Waals surface area contributed by atoms with Crippen LogP contribution in [0.2, 0.25) is 0 Å². The molecule has 4 nitrogen and oxygen atoms in total. The Hall–Kier alpha value is -6.30. The number of rotatable bonds is 8. The highest BCUT2D eigenvalue weighted by Crippen LogP contribution is 2.55. The number of thiophene rings is 1. The van der Waals surface area contributed by atoms with E-state index in [0.717, 1.165) is 75.6 Å². The molecule has 0 bridgehead atoms. The van der Waals surface area contributed by atoms with Crippen LogP contribution in [0.5, 0.6) is 0 Å². The molecule has 0 saturated carbocycles. The number of fused-ring (bicyclic) bond motifs is 7. The normalized spacial score (nSPS) is 27.0. The molecule has 4 heterocycles. The van der Waals surface area contributed by atoms with Gasteiger partial charge in [0.1, 0.15) is 6.17 Å². The number of anilines is 1. The van der Waals surface area contributed by atoms with E-state index in [1.54, 1.807) is 10.4 Å². The van der Waals surface area contributed by atoms with Crippen LogP contribution in [0.25, 0.3) is 21.2 Å². The van der Waals surface area contributed by atoms with Crippen LogP contribution in [0.3, 0.4) is 0 Å². The van der Waals surface area contributed by atoms with Gasteiger partial charge < -0.3 is 10.2 Å². The zero-order valence-electron chi connectivity index (χ0n) is 38.3. The molecule has 6 aliphatic carbocycles. The van der Waals surface area contributed by atoms with Crippen molar-refractivity contribution >= 4 is 38.5 Å². The number of hydrogen-bond donors (Lipinski definition) is 1. The van der Waals surface area contributed by atoms with Crippen molar-refractivity contribution in [2.45, 2.75) is 107 Å². The lowest BCUT2D eigenvalue weighted by molar-refractivity contribution is 0.421. The van der Waals surface area contributed by atoms with Gasteiger partial charge in [-0.25, -0.2) is 0 Å². The first-order valence-corrected chi connectivity index (χ1v) is 26.0. The molecule has 1 aromatic heterocycles. The van der Waals surface area contributed by atoms with Crippen LogP contribution in [0.15, 0.2) is 202 Å². The molecular weight excluding hydrogens is 833 g/mol. The van der Waals surface area contributed by atoms with Crippen molar-refractivity contribution in [2.75, 3.05) is 4.90 Å². The Labute approximate surface area is 400 Å². The van der Waals surface area contributed by atoms with Gasteiger partial charge in [-0.15, -0.1) is 11.3 Å². The quantitative estimate of drug-likeness (QED) is 0.179. The Morgan fingerprint density at radius 3 is 2.45 bits per heavy atom. The largest absolute Gasteiger partial charge is 0.360 e. The van der Waals surface area contributed by atoms with Crippen molar-refractivity contribution in [1.82, 2.24) is 5.32 Å². The van der Waals surface area contributed by atoms with Crippen LogP contribution in [-0.4, -0.2) is 29.7 Å². The molecule has 0 amide bonds. The number of nitrogens with zero attached hydrogens (tertiary/aromatic N) is 3. The predicted octanol–water partition coefficient (Wildman–Crippen LogP) is 14.7. The van der Waals surface area contributed by atoms with Gasteiger partial charge in [0.15, 0.2) is 0 Å². The monoisotopic (exact) mass is 890 g/mol. The topological polar surface area (TPSA) is 40.0 Å². The molecule has 6 atom stereocenters. The average Bonchev–Trinajstić information content (AvgIpc) is 4.12. The molecule has 3 aliphatic heterocycles. The Balaban J connectivity index is 0.930. The number of aryl methyl sites for hydroxylation is 1. The van der Waals surface area contributed by atoms with Gasteiger partial charge in [-0.2, -0.15) is 0 Å². The first-order valence-electron chi connectivity index (χ1n) is 25.2. The molecule has 0 saturated heterocycles. The highest BCUT2D eigenvalue weighted by molar-refractivity contribution is 7.19. The molecule has 0 spiro atoms. The maximum atomic E-state index is 5.93. The number of nitrogens with one attached hydrogen (secondary N) is 1. The highest BCUT2D eigenvalue weighted by atomic mass is 32.1. The van der Waals surface area contributed by atoms with Crippen molar-refractivity contribution in [3.63, 3.8) is 0 Å². The van der Waals surface area contributed by atoms with E-state index in [2.05, 4.69) is 186 Å². The lowest BCUT2D eigenvalue weighted by Crippen LogP contribution is -2.36. The van der Waals surface area contributed by atoms with E-state index < -0.39 is 0 Å². The lowest BCUT2D eigenvalue weighted by Gasteiger charge is -2.33. The van der Waals surface area contributed by atoms with E-state index in [1.807, 2.05) is 0 Å². The van der Waals surface area contributed by atoms with Gasteiger partial charge in [-0.05, 0) is 158 Å². The van der Waals surface area contributed by atoms with Crippen LogP contribution in [0, 0.1) is 5.92 Å². The molecule has 6 unspecified atom stereocenters. The summed E-state index contributed by atoms with van der Waals surface area (Å²) >= 11 is 2.05. The fourth-order valence-corrected chi connectivity index (χ4v) is 13.8. The summed E-state index contributed by atoms with van der Waals surface area (Å²) in [4.78, 5) is 15.9. The maximum Gasteiger partial charge on any atom is 0.141 e. The van der Waals surface area contributed by atoms with Crippen LogP contribution in [0.1, 0.15) is 103 Å². The summed E-state index contributed by atoms with van der Waals surface area (Å²) in [7, 11) is 0. The molecule has 4 aromatic rings. The van der Waals surface area contributed by atoms with Crippen molar-refractivity contribution < 1.29 is 0 Å². The van der Waals surface area contributed by atoms with Gasteiger partial charge in [0.05, 0.1) is 29.2 Å². The Morgan fingerprint density at radius 1 is 0.716 bits per heavy atom. The van der Waals surface area contributed by atoms with E-state index in [4.69, 9.17) is 9.98 Å². The Kier molecular flexibility index (Phi) is 10.6. The van der Waals surface area contributed by atoms with Crippen LogP contribution in [-0.2, 0) is 12.8 Å².